The zero-order valence-electron chi connectivity index (χ0n) is 18.8. The molecule has 0 unspecified atom stereocenters. The fourth-order valence-electron chi connectivity index (χ4n) is 5.74. The first-order valence-electron chi connectivity index (χ1n) is 11.0. The van der Waals surface area contributed by atoms with Crippen molar-refractivity contribution in [3.05, 3.63) is 65.2 Å². The average Bonchev–Trinajstić information content (AvgIpc) is 3.53. The number of nitrogens with one attached hydrogen (secondary N) is 1. The Bertz CT molecular complexity index is 1110. The van der Waals surface area contributed by atoms with Crippen LogP contribution >= 0.6 is 0 Å². The van der Waals surface area contributed by atoms with Crippen LogP contribution in [0.1, 0.15) is 43.9 Å². The van der Waals surface area contributed by atoms with Crippen LogP contribution in [0.2, 0.25) is 0 Å². The smallest absolute Gasteiger partial charge is 0.257 e. The maximum atomic E-state index is 12.7. The molecular formula is C26H29NO5. The molecule has 5 atom stereocenters. The highest BCUT2D eigenvalue weighted by atomic mass is 16.5. The van der Waals surface area contributed by atoms with Crippen molar-refractivity contribution in [2.75, 3.05) is 12.4 Å². The molecule has 3 N–H and O–H groups in total. The molecule has 1 saturated heterocycles. The molecule has 0 spiro atoms. The standard InChI is InChI=1S/C26H29NO5/c1-24(2)17-14-18(17)25(3,32-24)13-12-15-10-11-19-20(21(15)28)26(30,16-8-6-5-7-9-16)22(31-4)23(29)27-19/h5-13,17-18,22,28,30H,14H2,1-4H3,(H,27,29)/b13-12+/t17-,18+,22-,25-,26+/m1/s1. The summed E-state index contributed by atoms with van der Waals surface area (Å²) >= 11 is 0. The lowest BCUT2D eigenvalue weighted by atomic mass is 9.76. The number of rotatable bonds is 4. The van der Waals surface area contributed by atoms with Crippen molar-refractivity contribution in [2.24, 2.45) is 11.8 Å². The van der Waals surface area contributed by atoms with Gasteiger partial charge in [0.05, 0.1) is 22.5 Å². The number of carbonyl (C=O) groups is 1. The number of fused-ring (bicyclic) bond motifs is 2. The number of anilines is 1. The molecule has 2 aromatic carbocycles. The van der Waals surface area contributed by atoms with E-state index < -0.39 is 23.2 Å². The van der Waals surface area contributed by atoms with Crippen LogP contribution in [0.5, 0.6) is 5.75 Å². The zero-order chi connectivity index (χ0) is 22.9. The Hall–Kier alpha value is -2.67. The Morgan fingerprint density at radius 2 is 1.84 bits per heavy atom. The largest absolute Gasteiger partial charge is 0.507 e. The molecule has 6 heteroatoms. The van der Waals surface area contributed by atoms with Gasteiger partial charge in [0.2, 0.25) is 0 Å². The van der Waals surface area contributed by atoms with Crippen LogP contribution in [0, 0.1) is 11.8 Å². The molecule has 32 heavy (non-hydrogen) atoms. The van der Waals surface area contributed by atoms with Crippen LogP contribution in [0.4, 0.5) is 5.69 Å². The minimum Gasteiger partial charge on any atom is -0.507 e. The minimum atomic E-state index is -1.85. The first-order chi connectivity index (χ1) is 15.1. The third-order valence-corrected chi connectivity index (χ3v) is 7.41. The summed E-state index contributed by atoms with van der Waals surface area (Å²) in [4.78, 5) is 12.7. The third kappa shape index (κ3) is 2.94. The van der Waals surface area contributed by atoms with E-state index in [1.807, 2.05) is 18.2 Å². The summed E-state index contributed by atoms with van der Waals surface area (Å²) in [6.07, 6.45) is 3.77. The Labute approximate surface area is 187 Å². The molecule has 5 rings (SSSR count). The lowest BCUT2D eigenvalue weighted by Gasteiger charge is -2.40. The summed E-state index contributed by atoms with van der Waals surface area (Å²) in [7, 11) is 1.37. The van der Waals surface area contributed by atoms with Crippen LogP contribution in [-0.4, -0.2) is 40.5 Å². The number of aliphatic hydroxyl groups is 1. The first kappa shape index (κ1) is 21.2. The van der Waals surface area contributed by atoms with E-state index in [4.69, 9.17) is 9.47 Å². The molecule has 168 valence electrons. The molecular weight excluding hydrogens is 406 g/mol. The number of phenolic OH excluding ortho intramolecular Hbond substituents is 1. The fourth-order valence-corrected chi connectivity index (χ4v) is 5.74. The van der Waals surface area contributed by atoms with Crippen LogP contribution in [0.25, 0.3) is 6.08 Å². The third-order valence-electron chi connectivity index (χ3n) is 7.41. The minimum absolute atomic E-state index is 0.0969. The van der Waals surface area contributed by atoms with Gasteiger partial charge in [-0.2, -0.15) is 0 Å². The highest BCUT2D eigenvalue weighted by molar-refractivity contribution is 6.00. The number of methoxy groups -OCH3 is 1. The SMILES string of the molecule is CO[C@@H]1C(=O)Nc2ccc(/C=C/[C@@]3(C)OC(C)(C)[C@@H]4C[C@@H]43)c(O)c2[C@@]1(O)c1ccccc1. The second-order valence-corrected chi connectivity index (χ2v) is 9.83. The molecule has 1 amide bonds. The molecule has 6 nitrogen and oxygen atoms in total. The second-order valence-electron chi connectivity index (χ2n) is 9.83. The van der Waals surface area contributed by atoms with Crippen LogP contribution < -0.4 is 5.32 Å². The first-order valence-corrected chi connectivity index (χ1v) is 11.0. The maximum Gasteiger partial charge on any atom is 0.257 e. The van der Waals surface area contributed by atoms with Gasteiger partial charge in [-0.1, -0.05) is 42.5 Å². The number of hydrogen-bond donors (Lipinski definition) is 3. The Kier molecular flexibility index (Phi) is 4.58. The number of hydrogen-bond acceptors (Lipinski definition) is 5. The molecule has 2 aromatic rings. The van der Waals surface area contributed by atoms with Gasteiger partial charge in [-0.05, 0) is 56.7 Å². The lowest BCUT2D eigenvalue weighted by Crippen LogP contribution is -2.52. The maximum absolute atomic E-state index is 12.7. The number of phenols is 1. The van der Waals surface area contributed by atoms with E-state index in [1.165, 1.54) is 7.11 Å². The zero-order valence-corrected chi connectivity index (χ0v) is 18.8. The van der Waals surface area contributed by atoms with Gasteiger partial charge >= 0.3 is 0 Å². The summed E-state index contributed by atoms with van der Waals surface area (Å²) in [5.41, 5.74) is -0.834. The van der Waals surface area contributed by atoms with Gasteiger partial charge in [0.15, 0.2) is 11.7 Å². The van der Waals surface area contributed by atoms with E-state index in [0.717, 1.165) is 6.42 Å². The van der Waals surface area contributed by atoms with E-state index in [0.29, 0.717) is 28.7 Å². The summed E-state index contributed by atoms with van der Waals surface area (Å²) in [5.74, 6) is 0.449. The number of ether oxygens (including phenoxy) is 2. The van der Waals surface area contributed by atoms with Crippen molar-refractivity contribution in [1.82, 2.24) is 0 Å². The molecule has 0 radical (unpaired) electrons. The second kappa shape index (κ2) is 6.91. The van der Waals surface area contributed by atoms with Gasteiger partial charge in [-0.25, -0.2) is 0 Å². The number of benzene rings is 2. The van der Waals surface area contributed by atoms with E-state index in [-0.39, 0.29) is 16.9 Å². The van der Waals surface area contributed by atoms with Gasteiger partial charge in [0.25, 0.3) is 5.91 Å². The van der Waals surface area contributed by atoms with E-state index in [1.54, 1.807) is 36.4 Å². The molecule has 3 aliphatic rings. The van der Waals surface area contributed by atoms with Gasteiger partial charge < -0.3 is 25.0 Å². The van der Waals surface area contributed by atoms with E-state index in [9.17, 15) is 15.0 Å². The molecule has 1 aliphatic carbocycles. The molecule has 0 aromatic heterocycles. The van der Waals surface area contributed by atoms with Crippen molar-refractivity contribution >= 4 is 17.7 Å². The highest BCUT2D eigenvalue weighted by Gasteiger charge is 2.64. The Balaban J connectivity index is 1.60. The quantitative estimate of drug-likeness (QED) is 0.680. The Morgan fingerprint density at radius 1 is 1.12 bits per heavy atom. The van der Waals surface area contributed by atoms with Crippen LogP contribution in [-0.2, 0) is 19.9 Å². The molecule has 1 saturated carbocycles. The summed E-state index contributed by atoms with van der Waals surface area (Å²) < 4.78 is 11.8. The van der Waals surface area contributed by atoms with Crippen molar-refractivity contribution in [2.45, 2.75) is 50.1 Å². The molecule has 0 bridgehead atoms. The van der Waals surface area contributed by atoms with Gasteiger partial charge in [0.1, 0.15) is 5.75 Å². The predicted molar refractivity (Wildman–Crippen MR) is 121 cm³/mol. The topological polar surface area (TPSA) is 88.0 Å². The van der Waals surface area contributed by atoms with Crippen LogP contribution in [0.3, 0.4) is 0 Å². The Morgan fingerprint density at radius 3 is 2.44 bits per heavy atom. The lowest BCUT2D eigenvalue weighted by molar-refractivity contribution is -0.142. The van der Waals surface area contributed by atoms with Gasteiger partial charge in [0, 0.05) is 12.7 Å². The van der Waals surface area contributed by atoms with Gasteiger partial charge in [-0.15, -0.1) is 0 Å². The van der Waals surface area contributed by atoms with Crippen molar-refractivity contribution in [3.63, 3.8) is 0 Å². The van der Waals surface area contributed by atoms with Crippen molar-refractivity contribution in [1.29, 1.82) is 0 Å². The van der Waals surface area contributed by atoms with Gasteiger partial charge in [-0.3, -0.25) is 4.79 Å². The van der Waals surface area contributed by atoms with E-state index >= 15 is 0 Å². The number of aromatic hydroxyl groups is 1. The summed E-state index contributed by atoms with van der Waals surface area (Å²) in [5, 5.41) is 25.9. The molecule has 2 heterocycles. The van der Waals surface area contributed by atoms with Crippen LogP contribution in [0.15, 0.2) is 48.5 Å². The predicted octanol–water partition coefficient (Wildman–Crippen LogP) is 3.81. The van der Waals surface area contributed by atoms with Crippen molar-refractivity contribution in [3.8, 4) is 5.75 Å². The van der Waals surface area contributed by atoms with Crippen molar-refractivity contribution < 1.29 is 24.5 Å². The molecule has 2 aliphatic heterocycles. The highest BCUT2D eigenvalue weighted by Crippen LogP contribution is 2.62. The summed E-state index contributed by atoms with van der Waals surface area (Å²) in [6.45, 7) is 6.33. The monoisotopic (exact) mass is 435 g/mol. The number of amides is 1. The number of carbonyl (C=O) groups excluding carboxylic acids is 1. The average molecular weight is 436 g/mol. The fraction of sp³-hybridized carbons (Fsp3) is 0.423. The summed E-state index contributed by atoms with van der Waals surface area (Å²) in [6, 6.07) is 12.3. The molecule has 2 fully saturated rings. The normalized spacial score (nSPS) is 34.8. The van der Waals surface area contributed by atoms with E-state index in [2.05, 4.69) is 26.1 Å².